The van der Waals surface area contributed by atoms with Gasteiger partial charge in [0.2, 0.25) is 0 Å². The van der Waals surface area contributed by atoms with Gasteiger partial charge in [-0.25, -0.2) is 0 Å². The Kier molecular flexibility index (Phi) is 8.86. The quantitative estimate of drug-likeness (QED) is 0.434. The minimum atomic E-state index is 0. The fourth-order valence-electron chi connectivity index (χ4n) is 2.64. The van der Waals surface area contributed by atoms with Gasteiger partial charge in [0.15, 0.2) is 5.96 Å². The summed E-state index contributed by atoms with van der Waals surface area (Å²) >= 11 is 0. The summed E-state index contributed by atoms with van der Waals surface area (Å²) in [5.41, 5.74) is 3.89. The number of hydrogen-bond acceptors (Lipinski definition) is 3. The Balaban J connectivity index is 0.00000264. The van der Waals surface area contributed by atoms with Gasteiger partial charge in [-0.15, -0.1) is 24.0 Å². The second kappa shape index (κ2) is 10.1. The van der Waals surface area contributed by atoms with Crippen LogP contribution in [0.2, 0.25) is 0 Å². The predicted octanol–water partition coefficient (Wildman–Crippen LogP) is 1.92. The van der Waals surface area contributed by atoms with E-state index in [2.05, 4.69) is 59.6 Å². The van der Waals surface area contributed by atoms with E-state index >= 15 is 0 Å². The smallest absolute Gasteiger partial charge is 0.191 e. The number of halogens is 1. The third-order valence-electron chi connectivity index (χ3n) is 4.01. The van der Waals surface area contributed by atoms with Crippen LogP contribution < -0.4 is 10.6 Å². The average Bonchev–Trinajstić information content (AvgIpc) is 2.49. The first kappa shape index (κ1) is 20.2. The molecular weight excluding hydrogens is 403 g/mol. The number of hydrogen-bond donors (Lipinski definition) is 2. The van der Waals surface area contributed by atoms with Crippen molar-refractivity contribution >= 4 is 29.9 Å². The fraction of sp³-hybridized carbons (Fsp3) is 0.588. The highest BCUT2D eigenvalue weighted by atomic mass is 127. The lowest BCUT2D eigenvalue weighted by Crippen LogP contribution is -2.48. The van der Waals surface area contributed by atoms with Gasteiger partial charge in [0.05, 0.1) is 12.7 Å². The van der Waals surface area contributed by atoms with Crippen molar-refractivity contribution in [1.29, 1.82) is 0 Å². The highest BCUT2D eigenvalue weighted by Crippen LogP contribution is 2.10. The predicted molar refractivity (Wildman–Crippen MR) is 107 cm³/mol. The number of rotatable bonds is 4. The molecule has 1 unspecified atom stereocenters. The molecule has 1 aliphatic rings. The Bertz CT molecular complexity index is 521. The van der Waals surface area contributed by atoms with E-state index in [0.717, 1.165) is 38.7 Å². The van der Waals surface area contributed by atoms with E-state index in [4.69, 9.17) is 4.74 Å². The molecule has 6 heteroatoms. The van der Waals surface area contributed by atoms with Crippen LogP contribution in [-0.2, 0) is 11.3 Å². The molecule has 0 radical (unpaired) electrons. The summed E-state index contributed by atoms with van der Waals surface area (Å²) in [7, 11) is 3.92. The maximum Gasteiger partial charge on any atom is 0.191 e. The van der Waals surface area contributed by atoms with Crippen molar-refractivity contribution in [2.75, 3.05) is 40.3 Å². The number of ether oxygens (including phenoxy) is 1. The summed E-state index contributed by atoms with van der Waals surface area (Å²) in [5, 5.41) is 6.71. The lowest BCUT2D eigenvalue weighted by Gasteiger charge is -2.30. The van der Waals surface area contributed by atoms with Gasteiger partial charge >= 0.3 is 0 Å². The van der Waals surface area contributed by atoms with Crippen molar-refractivity contribution < 1.29 is 4.74 Å². The van der Waals surface area contributed by atoms with Crippen LogP contribution in [0, 0.1) is 13.8 Å². The van der Waals surface area contributed by atoms with Crippen LogP contribution >= 0.6 is 24.0 Å². The lowest BCUT2D eigenvalue weighted by atomic mass is 10.1. The maximum atomic E-state index is 5.75. The Morgan fingerprint density at radius 3 is 2.78 bits per heavy atom. The lowest BCUT2D eigenvalue weighted by molar-refractivity contribution is -0.0161. The topological polar surface area (TPSA) is 48.9 Å². The van der Waals surface area contributed by atoms with Crippen molar-refractivity contribution in [3.05, 3.63) is 34.9 Å². The number of guanidine groups is 1. The minimum absolute atomic E-state index is 0. The van der Waals surface area contributed by atoms with E-state index in [9.17, 15) is 0 Å². The van der Waals surface area contributed by atoms with E-state index in [1.165, 1.54) is 16.7 Å². The summed E-state index contributed by atoms with van der Waals surface area (Å²) in [6.07, 6.45) is 0.221. The highest BCUT2D eigenvalue weighted by molar-refractivity contribution is 14.0. The standard InChI is InChI=1S/C17H28N4O.HI/c1-13-5-6-15(14(2)9-13)10-19-17(18-3)20-11-16-12-21(4)7-8-22-16;/h5-6,9,16H,7-8,10-12H2,1-4H3,(H2,18,19,20);1H. The Morgan fingerprint density at radius 2 is 2.13 bits per heavy atom. The zero-order valence-corrected chi connectivity index (χ0v) is 16.9. The Morgan fingerprint density at radius 1 is 1.35 bits per heavy atom. The van der Waals surface area contributed by atoms with Crippen LogP contribution in [0.15, 0.2) is 23.2 Å². The molecule has 1 aromatic carbocycles. The van der Waals surface area contributed by atoms with Crippen molar-refractivity contribution in [1.82, 2.24) is 15.5 Å². The van der Waals surface area contributed by atoms with Crippen molar-refractivity contribution in [3.63, 3.8) is 0 Å². The first-order valence-corrected chi connectivity index (χ1v) is 7.89. The summed E-state index contributed by atoms with van der Waals surface area (Å²) < 4.78 is 5.75. The molecule has 1 atom stereocenters. The molecule has 0 saturated carbocycles. The highest BCUT2D eigenvalue weighted by Gasteiger charge is 2.17. The zero-order chi connectivity index (χ0) is 15.9. The SMILES string of the molecule is CN=C(NCc1ccc(C)cc1C)NCC1CN(C)CCO1.I. The number of aliphatic imine (C=N–C) groups is 1. The molecule has 0 amide bonds. The van der Waals surface area contributed by atoms with E-state index in [-0.39, 0.29) is 30.1 Å². The average molecular weight is 432 g/mol. The van der Waals surface area contributed by atoms with Crippen LogP contribution in [0.4, 0.5) is 0 Å². The van der Waals surface area contributed by atoms with Gasteiger partial charge in [-0.05, 0) is 32.0 Å². The molecule has 5 nitrogen and oxygen atoms in total. The number of morpholine rings is 1. The normalized spacial score (nSPS) is 19.1. The van der Waals surface area contributed by atoms with Crippen LogP contribution in [0.5, 0.6) is 0 Å². The monoisotopic (exact) mass is 432 g/mol. The van der Waals surface area contributed by atoms with Crippen molar-refractivity contribution in [2.24, 2.45) is 4.99 Å². The molecule has 1 aromatic rings. The largest absolute Gasteiger partial charge is 0.374 e. The van der Waals surface area contributed by atoms with E-state index in [0.29, 0.717) is 0 Å². The third kappa shape index (κ3) is 6.64. The maximum absolute atomic E-state index is 5.75. The Hall–Kier alpha value is -0.860. The summed E-state index contributed by atoms with van der Waals surface area (Å²) in [4.78, 5) is 6.57. The van der Waals surface area contributed by atoms with Crippen LogP contribution in [0.1, 0.15) is 16.7 Å². The fourth-order valence-corrected chi connectivity index (χ4v) is 2.64. The second-order valence-corrected chi connectivity index (χ2v) is 5.99. The molecule has 1 fully saturated rings. The van der Waals surface area contributed by atoms with Gasteiger partial charge in [-0.3, -0.25) is 4.99 Å². The number of nitrogens with one attached hydrogen (secondary N) is 2. The first-order chi connectivity index (χ1) is 10.6. The molecule has 1 heterocycles. The van der Waals surface area contributed by atoms with Crippen LogP contribution in [0.3, 0.4) is 0 Å². The molecule has 2 rings (SSSR count). The van der Waals surface area contributed by atoms with Gasteiger partial charge in [-0.2, -0.15) is 0 Å². The molecule has 0 bridgehead atoms. The third-order valence-corrected chi connectivity index (χ3v) is 4.01. The van der Waals surface area contributed by atoms with Crippen molar-refractivity contribution in [2.45, 2.75) is 26.5 Å². The molecule has 2 N–H and O–H groups in total. The summed E-state index contributed by atoms with van der Waals surface area (Å²) in [6, 6.07) is 6.52. The zero-order valence-electron chi connectivity index (χ0n) is 14.6. The van der Waals surface area contributed by atoms with E-state index in [1.54, 1.807) is 7.05 Å². The van der Waals surface area contributed by atoms with Gasteiger partial charge in [0.1, 0.15) is 0 Å². The number of aryl methyl sites for hydroxylation is 2. The number of likely N-dealkylation sites (N-methyl/N-ethyl adjacent to an activating group) is 1. The van der Waals surface area contributed by atoms with Gasteiger partial charge in [0.25, 0.3) is 0 Å². The van der Waals surface area contributed by atoms with E-state index in [1.807, 2.05) is 0 Å². The molecule has 0 aliphatic carbocycles. The molecule has 130 valence electrons. The second-order valence-electron chi connectivity index (χ2n) is 5.99. The Labute approximate surface area is 156 Å². The van der Waals surface area contributed by atoms with E-state index < -0.39 is 0 Å². The van der Waals surface area contributed by atoms with Crippen LogP contribution in [0.25, 0.3) is 0 Å². The molecule has 1 aliphatic heterocycles. The van der Waals surface area contributed by atoms with Gasteiger partial charge in [0, 0.05) is 33.2 Å². The number of nitrogens with zero attached hydrogens (tertiary/aromatic N) is 2. The summed E-state index contributed by atoms with van der Waals surface area (Å²) in [6.45, 7) is 8.58. The van der Waals surface area contributed by atoms with Crippen molar-refractivity contribution in [3.8, 4) is 0 Å². The molecule has 23 heavy (non-hydrogen) atoms. The first-order valence-electron chi connectivity index (χ1n) is 7.89. The molecule has 1 saturated heterocycles. The van der Waals surface area contributed by atoms with Crippen LogP contribution in [-0.4, -0.2) is 57.3 Å². The van der Waals surface area contributed by atoms with Gasteiger partial charge < -0.3 is 20.3 Å². The molecule has 0 spiro atoms. The minimum Gasteiger partial charge on any atom is -0.374 e. The summed E-state index contributed by atoms with van der Waals surface area (Å²) in [5.74, 6) is 0.816. The molecular formula is C17H29IN4O. The van der Waals surface area contributed by atoms with Gasteiger partial charge in [-0.1, -0.05) is 23.8 Å². The molecule has 0 aromatic heterocycles. The number of benzene rings is 1.